The molecular formula is C29H38N2O9S. The molecule has 1 amide bonds. The molecule has 3 fully saturated rings. The van der Waals surface area contributed by atoms with Gasteiger partial charge >= 0.3 is 6.09 Å². The molecule has 0 unspecified atom stereocenters. The number of nitrogens with one attached hydrogen (secondary N) is 1. The van der Waals surface area contributed by atoms with Crippen molar-refractivity contribution in [3.63, 3.8) is 0 Å². The van der Waals surface area contributed by atoms with Crippen molar-refractivity contribution in [3.8, 4) is 5.75 Å². The van der Waals surface area contributed by atoms with Gasteiger partial charge in [-0.25, -0.2) is 13.2 Å². The number of carbonyl (C=O) groups excluding carboxylic acids is 1. The van der Waals surface area contributed by atoms with Crippen molar-refractivity contribution < 1.29 is 42.5 Å². The number of aliphatic hydroxyl groups is 1. The largest absolute Gasteiger partial charge is 0.508 e. The minimum atomic E-state index is -4.26. The lowest BCUT2D eigenvalue weighted by Gasteiger charge is -2.32. The molecule has 5 atom stereocenters. The number of carbonyl (C=O) groups is 1. The fourth-order valence-corrected chi connectivity index (χ4v) is 6.94. The van der Waals surface area contributed by atoms with Crippen molar-refractivity contribution in [2.75, 3.05) is 19.8 Å². The number of hydrogen-bond donors (Lipinski definition) is 3. The van der Waals surface area contributed by atoms with E-state index in [9.17, 15) is 23.4 Å². The molecule has 1 saturated carbocycles. The summed E-state index contributed by atoms with van der Waals surface area (Å²) in [6, 6.07) is 13.7. The smallest absolute Gasteiger partial charge is 0.407 e. The summed E-state index contributed by atoms with van der Waals surface area (Å²) in [7, 11) is -4.26. The van der Waals surface area contributed by atoms with E-state index in [2.05, 4.69) is 5.32 Å². The third-order valence-corrected chi connectivity index (χ3v) is 9.47. The van der Waals surface area contributed by atoms with Gasteiger partial charge in [-0.05, 0) is 49.4 Å². The number of amides is 1. The molecular weight excluding hydrogens is 552 g/mol. The van der Waals surface area contributed by atoms with Crippen LogP contribution in [0, 0.1) is 5.92 Å². The zero-order valence-electron chi connectivity index (χ0n) is 22.8. The summed E-state index contributed by atoms with van der Waals surface area (Å²) < 4.78 is 44.9. The van der Waals surface area contributed by atoms with Gasteiger partial charge in [0.15, 0.2) is 6.29 Å². The average Bonchev–Trinajstić information content (AvgIpc) is 3.59. The number of hydrogen-bond acceptors (Lipinski definition) is 9. The van der Waals surface area contributed by atoms with Gasteiger partial charge in [-0.2, -0.15) is 0 Å². The van der Waals surface area contributed by atoms with Crippen molar-refractivity contribution in [1.82, 2.24) is 9.79 Å². The number of aliphatic hydroxyl groups excluding tert-OH is 1. The molecule has 2 aliphatic heterocycles. The zero-order valence-corrected chi connectivity index (χ0v) is 23.7. The molecule has 0 radical (unpaired) electrons. The minimum absolute atomic E-state index is 0.0509. The second-order valence-electron chi connectivity index (χ2n) is 10.8. The van der Waals surface area contributed by atoms with E-state index in [0.717, 1.165) is 41.8 Å². The third kappa shape index (κ3) is 7.56. The highest BCUT2D eigenvalue weighted by atomic mass is 32.2. The highest BCUT2D eigenvalue weighted by Gasteiger charge is 2.44. The summed E-state index contributed by atoms with van der Waals surface area (Å²) in [6.45, 7) is 0.313. The number of rotatable bonds is 11. The molecule has 5 rings (SSSR count). The number of benzene rings is 2. The Morgan fingerprint density at radius 1 is 1.05 bits per heavy atom. The van der Waals surface area contributed by atoms with Crippen LogP contribution in [0.1, 0.15) is 44.1 Å². The van der Waals surface area contributed by atoms with Gasteiger partial charge in [-0.1, -0.05) is 60.1 Å². The second kappa shape index (κ2) is 13.5. The summed E-state index contributed by atoms with van der Waals surface area (Å²) in [6.07, 6.45) is 1.90. The van der Waals surface area contributed by atoms with Gasteiger partial charge in [0.05, 0.1) is 48.8 Å². The molecule has 0 bridgehead atoms. The molecule has 3 N–H and O–H groups in total. The van der Waals surface area contributed by atoms with Crippen LogP contribution in [0.5, 0.6) is 5.75 Å². The zero-order chi connectivity index (χ0) is 28.8. The number of alkyl carbamates (subject to hydrolysis) is 1. The summed E-state index contributed by atoms with van der Waals surface area (Å²) in [5.74, 6) is -0.258. The van der Waals surface area contributed by atoms with E-state index < -0.39 is 40.9 Å². The fourth-order valence-electron chi connectivity index (χ4n) is 5.60. The van der Waals surface area contributed by atoms with Crippen LogP contribution in [-0.4, -0.2) is 79.6 Å². The van der Waals surface area contributed by atoms with Gasteiger partial charge < -0.3 is 29.7 Å². The topological polar surface area (TPSA) is 144 Å². The second-order valence-corrected chi connectivity index (χ2v) is 12.7. The number of aromatic hydroxyl groups is 1. The maximum atomic E-state index is 13.7. The molecule has 0 spiro atoms. The van der Waals surface area contributed by atoms with E-state index in [1.807, 2.05) is 30.3 Å². The Morgan fingerprint density at radius 2 is 1.83 bits per heavy atom. The van der Waals surface area contributed by atoms with Gasteiger partial charge in [-0.15, -0.1) is 0 Å². The fraction of sp³-hybridized carbons (Fsp3) is 0.552. The van der Waals surface area contributed by atoms with Crippen molar-refractivity contribution in [3.05, 3.63) is 60.2 Å². The van der Waals surface area contributed by atoms with Gasteiger partial charge in [0.1, 0.15) is 11.9 Å². The quantitative estimate of drug-likeness (QED) is 0.336. The Bertz CT molecular complexity index is 1260. The number of phenols is 1. The molecule has 2 aromatic carbocycles. The van der Waals surface area contributed by atoms with Crippen molar-refractivity contribution in [2.24, 2.45) is 5.92 Å². The van der Waals surface area contributed by atoms with Crippen LogP contribution >= 0.6 is 0 Å². The van der Waals surface area contributed by atoms with Gasteiger partial charge in [0.25, 0.3) is 10.0 Å². The maximum absolute atomic E-state index is 13.7. The number of fused-ring (bicyclic) bond motifs is 1. The lowest BCUT2D eigenvalue weighted by atomic mass is 9.98. The average molecular weight is 591 g/mol. The van der Waals surface area contributed by atoms with E-state index in [1.165, 1.54) is 18.2 Å². The summed E-state index contributed by atoms with van der Waals surface area (Å²) in [5, 5.41) is 24.1. The van der Waals surface area contributed by atoms with Gasteiger partial charge in [0, 0.05) is 0 Å². The van der Waals surface area contributed by atoms with Crippen molar-refractivity contribution >= 4 is 16.1 Å². The Morgan fingerprint density at radius 3 is 2.59 bits per heavy atom. The standard InChI is InChI=1S/C29H38N2O9S/c32-21-10-7-13-23(17-21)41(35,36)31(40-22-11-5-2-6-12-22)18-26(33)25(16-20-8-3-1-4-9-20)30-29(34)39-27-19-38-28-24(27)14-15-37-28/h1,3-4,7-10,13,17,22,24-28,32-33H,2,5-6,11-12,14-16,18-19H2,(H,30,34)/t24-,25-,26+,27-,28+/m0/s1. The van der Waals surface area contributed by atoms with Crippen molar-refractivity contribution in [2.45, 2.75) is 80.5 Å². The number of ether oxygens (including phenoxy) is 3. The molecule has 41 heavy (non-hydrogen) atoms. The first-order valence-electron chi connectivity index (χ1n) is 14.2. The Kier molecular flexibility index (Phi) is 9.79. The van der Waals surface area contributed by atoms with Crippen LogP contribution in [-0.2, 0) is 35.5 Å². The van der Waals surface area contributed by atoms with E-state index in [1.54, 1.807) is 0 Å². The summed E-state index contributed by atoms with van der Waals surface area (Å²) in [5.41, 5.74) is 0.834. The summed E-state index contributed by atoms with van der Waals surface area (Å²) in [4.78, 5) is 18.9. The highest BCUT2D eigenvalue weighted by Crippen LogP contribution is 2.33. The van der Waals surface area contributed by atoms with Gasteiger partial charge in [-0.3, -0.25) is 4.84 Å². The number of hydroxylamine groups is 1. The molecule has 11 nitrogen and oxygen atoms in total. The Hall–Kier alpha value is -2.74. The minimum Gasteiger partial charge on any atom is -0.508 e. The Labute approximate surface area is 240 Å². The molecule has 224 valence electrons. The van der Waals surface area contributed by atoms with Crippen LogP contribution in [0.25, 0.3) is 0 Å². The molecule has 2 saturated heterocycles. The molecule has 2 heterocycles. The van der Waals surface area contributed by atoms with E-state index in [-0.39, 0.29) is 42.0 Å². The van der Waals surface area contributed by atoms with Gasteiger partial charge in [0.2, 0.25) is 0 Å². The van der Waals surface area contributed by atoms with E-state index in [0.29, 0.717) is 19.4 Å². The first kappa shape index (κ1) is 29.7. The van der Waals surface area contributed by atoms with Crippen LogP contribution in [0.4, 0.5) is 4.79 Å². The summed E-state index contributed by atoms with van der Waals surface area (Å²) >= 11 is 0. The predicted octanol–water partition coefficient (Wildman–Crippen LogP) is 3.11. The van der Waals surface area contributed by atoms with Crippen LogP contribution < -0.4 is 5.32 Å². The molecule has 2 aromatic rings. The lowest BCUT2D eigenvalue weighted by Crippen LogP contribution is -2.51. The number of phenolic OH excluding ortho intramolecular Hbond substituents is 1. The van der Waals surface area contributed by atoms with E-state index >= 15 is 0 Å². The number of nitrogens with zero attached hydrogens (tertiary/aromatic N) is 1. The first-order valence-corrected chi connectivity index (χ1v) is 15.6. The first-order chi connectivity index (χ1) is 19.8. The molecule has 3 aliphatic rings. The van der Waals surface area contributed by atoms with Crippen LogP contribution in [0.15, 0.2) is 59.5 Å². The van der Waals surface area contributed by atoms with E-state index in [4.69, 9.17) is 19.0 Å². The highest BCUT2D eigenvalue weighted by molar-refractivity contribution is 7.89. The monoisotopic (exact) mass is 590 g/mol. The van der Waals surface area contributed by atoms with Crippen LogP contribution in [0.3, 0.4) is 0 Å². The predicted molar refractivity (Wildman–Crippen MR) is 147 cm³/mol. The SMILES string of the molecule is O=C(N[C@@H](Cc1ccccc1)[C@H](O)CN(OC1CCCCC1)S(=O)(=O)c1cccc(O)c1)O[C@H]1CO[C@H]2OCC[C@H]21. The molecule has 0 aromatic heterocycles. The molecule has 1 aliphatic carbocycles. The maximum Gasteiger partial charge on any atom is 0.407 e. The third-order valence-electron chi connectivity index (χ3n) is 7.85. The normalized spacial score (nSPS) is 24.6. The Balaban J connectivity index is 1.34. The molecule has 12 heteroatoms. The van der Waals surface area contributed by atoms with Crippen LogP contribution in [0.2, 0.25) is 0 Å². The van der Waals surface area contributed by atoms with Crippen molar-refractivity contribution in [1.29, 1.82) is 0 Å². The number of sulfonamides is 1. The lowest BCUT2D eigenvalue weighted by molar-refractivity contribution is -0.156.